The number of aryl methyl sites for hydroxylation is 1. The normalized spacial score (nSPS) is 11.0. The van der Waals surface area contributed by atoms with E-state index in [2.05, 4.69) is 15.4 Å². The van der Waals surface area contributed by atoms with E-state index in [9.17, 15) is 13.2 Å². The number of amides is 1. The lowest BCUT2D eigenvalue weighted by atomic mass is 10.1. The van der Waals surface area contributed by atoms with Crippen LogP contribution >= 0.6 is 11.6 Å². The van der Waals surface area contributed by atoms with E-state index in [0.29, 0.717) is 36.6 Å². The third-order valence-corrected chi connectivity index (χ3v) is 4.34. The lowest BCUT2D eigenvalue weighted by molar-refractivity contribution is -0.120. The molecule has 0 unspecified atom stereocenters. The van der Waals surface area contributed by atoms with E-state index in [1.54, 1.807) is 18.2 Å². The molecule has 0 aliphatic carbocycles. The van der Waals surface area contributed by atoms with Crippen LogP contribution in [0, 0.1) is 0 Å². The van der Waals surface area contributed by atoms with Crippen LogP contribution in [0.2, 0.25) is 5.02 Å². The Morgan fingerprint density at radius 2 is 1.77 bits per heavy atom. The van der Waals surface area contributed by atoms with Crippen molar-refractivity contribution < 1.29 is 13.2 Å². The van der Waals surface area contributed by atoms with Crippen LogP contribution in [0.15, 0.2) is 48.5 Å². The second kappa shape index (κ2) is 9.45. The van der Waals surface area contributed by atoms with Crippen LogP contribution in [0.1, 0.15) is 12.0 Å². The van der Waals surface area contributed by atoms with Crippen LogP contribution in [-0.2, 0) is 21.2 Å². The molecule has 140 valence electrons. The number of nitrogens with one attached hydrogen (secondary N) is 3. The second-order valence-corrected chi connectivity index (χ2v) is 8.04. The molecule has 0 atom stereocenters. The fraction of sp³-hybridized carbons (Fsp3) is 0.278. The standard InChI is InChI=1S/C18H22ClN3O3S/c1-26(24,25)22-16-8-5-14(6-9-16)7-10-18(23)21-12-11-20-17-4-2-3-15(19)13-17/h2-6,8-9,13,20,22H,7,10-12H2,1H3,(H,21,23). The second-order valence-electron chi connectivity index (χ2n) is 5.86. The molecule has 2 aromatic rings. The first-order chi connectivity index (χ1) is 12.3. The van der Waals surface area contributed by atoms with Gasteiger partial charge < -0.3 is 10.6 Å². The molecule has 2 aromatic carbocycles. The SMILES string of the molecule is CS(=O)(=O)Nc1ccc(CCC(=O)NCCNc2cccc(Cl)c2)cc1. The molecule has 0 heterocycles. The van der Waals surface area contributed by atoms with Crippen LogP contribution in [0.4, 0.5) is 11.4 Å². The van der Waals surface area contributed by atoms with Gasteiger partial charge in [-0.15, -0.1) is 0 Å². The van der Waals surface area contributed by atoms with Gasteiger partial charge in [0.15, 0.2) is 0 Å². The molecular weight excluding hydrogens is 374 g/mol. The van der Waals surface area contributed by atoms with Crippen molar-refractivity contribution in [3.05, 3.63) is 59.1 Å². The molecule has 1 amide bonds. The zero-order valence-electron chi connectivity index (χ0n) is 14.5. The molecule has 0 spiro atoms. The summed E-state index contributed by atoms with van der Waals surface area (Å²) in [7, 11) is -3.28. The Kier molecular flexibility index (Phi) is 7.29. The molecule has 3 N–H and O–H groups in total. The van der Waals surface area contributed by atoms with Crippen molar-refractivity contribution in [3.8, 4) is 0 Å². The topological polar surface area (TPSA) is 87.3 Å². The Morgan fingerprint density at radius 1 is 1.04 bits per heavy atom. The predicted molar refractivity (Wildman–Crippen MR) is 106 cm³/mol. The van der Waals surface area contributed by atoms with Gasteiger partial charge in [-0.3, -0.25) is 9.52 Å². The molecule has 0 aliphatic heterocycles. The largest absolute Gasteiger partial charge is 0.383 e. The van der Waals surface area contributed by atoms with Crippen molar-refractivity contribution in [3.63, 3.8) is 0 Å². The fourth-order valence-corrected chi connectivity index (χ4v) is 3.06. The molecule has 8 heteroatoms. The van der Waals surface area contributed by atoms with Gasteiger partial charge in [0.1, 0.15) is 0 Å². The quantitative estimate of drug-likeness (QED) is 0.570. The number of hydrogen-bond acceptors (Lipinski definition) is 4. The highest BCUT2D eigenvalue weighted by Crippen LogP contribution is 2.14. The van der Waals surface area contributed by atoms with E-state index in [4.69, 9.17) is 11.6 Å². The summed E-state index contributed by atoms with van der Waals surface area (Å²) in [4.78, 5) is 11.9. The number of sulfonamides is 1. The Balaban J connectivity index is 1.67. The molecule has 0 aromatic heterocycles. The first-order valence-corrected chi connectivity index (χ1v) is 10.4. The number of carbonyl (C=O) groups excluding carboxylic acids is 1. The predicted octanol–water partition coefficient (Wildman–Crippen LogP) is 2.87. The Morgan fingerprint density at radius 3 is 2.42 bits per heavy atom. The van der Waals surface area contributed by atoms with Gasteiger partial charge >= 0.3 is 0 Å². The van der Waals surface area contributed by atoms with Crippen LogP contribution < -0.4 is 15.4 Å². The van der Waals surface area contributed by atoms with E-state index in [1.165, 1.54) is 0 Å². The molecule has 6 nitrogen and oxygen atoms in total. The van der Waals surface area contributed by atoms with E-state index < -0.39 is 10.0 Å². The average molecular weight is 396 g/mol. The van der Waals surface area contributed by atoms with E-state index in [-0.39, 0.29) is 5.91 Å². The minimum Gasteiger partial charge on any atom is -0.383 e. The van der Waals surface area contributed by atoms with Crippen LogP contribution in [0.5, 0.6) is 0 Å². The maximum Gasteiger partial charge on any atom is 0.229 e. The summed E-state index contributed by atoms with van der Waals surface area (Å²) >= 11 is 5.91. The van der Waals surface area contributed by atoms with Crippen LogP contribution in [-0.4, -0.2) is 33.7 Å². The van der Waals surface area contributed by atoms with Crippen molar-refractivity contribution >= 4 is 38.9 Å². The van der Waals surface area contributed by atoms with Gasteiger partial charge in [-0.1, -0.05) is 29.8 Å². The summed E-state index contributed by atoms with van der Waals surface area (Å²) in [5.74, 6) is -0.0313. The van der Waals surface area contributed by atoms with Crippen LogP contribution in [0.3, 0.4) is 0 Å². The van der Waals surface area contributed by atoms with Crippen molar-refractivity contribution in [1.82, 2.24) is 5.32 Å². The van der Waals surface area contributed by atoms with Gasteiger partial charge in [0.2, 0.25) is 15.9 Å². The highest BCUT2D eigenvalue weighted by molar-refractivity contribution is 7.92. The zero-order valence-corrected chi connectivity index (χ0v) is 16.0. The fourth-order valence-electron chi connectivity index (χ4n) is 2.31. The molecule has 2 rings (SSSR count). The van der Waals surface area contributed by atoms with Crippen LogP contribution in [0.25, 0.3) is 0 Å². The zero-order chi connectivity index (χ0) is 19.0. The number of benzene rings is 2. The van der Waals surface area contributed by atoms with Crippen molar-refractivity contribution in [2.45, 2.75) is 12.8 Å². The Labute approximate surface area is 159 Å². The average Bonchev–Trinajstić information content (AvgIpc) is 2.57. The molecule has 0 bridgehead atoms. The van der Waals surface area contributed by atoms with Gasteiger partial charge in [-0.25, -0.2) is 8.42 Å². The summed E-state index contributed by atoms with van der Waals surface area (Å²) < 4.78 is 24.7. The van der Waals surface area contributed by atoms with Crippen molar-refractivity contribution in [2.24, 2.45) is 0 Å². The summed E-state index contributed by atoms with van der Waals surface area (Å²) in [6.07, 6.45) is 2.06. The van der Waals surface area contributed by atoms with Gasteiger partial charge in [0, 0.05) is 35.9 Å². The summed E-state index contributed by atoms with van der Waals surface area (Å²) in [6, 6.07) is 14.4. The number of halogens is 1. The summed E-state index contributed by atoms with van der Waals surface area (Å²) in [5.41, 5.74) is 2.39. The lowest BCUT2D eigenvalue weighted by Gasteiger charge is -2.09. The highest BCUT2D eigenvalue weighted by atomic mass is 35.5. The first kappa shape index (κ1) is 20.1. The number of rotatable bonds is 9. The lowest BCUT2D eigenvalue weighted by Crippen LogP contribution is -2.28. The third kappa shape index (κ3) is 7.76. The summed E-state index contributed by atoms with van der Waals surface area (Å²) in [5, 5.41) is 6.70. The maximum absolute atomic E-state index is 11.9. The molecular formula is C18H22ClN3O3S. The van der Waals surface area contributed by atoms with E-state index in [0.717, 1.165) is 17.5 Å². The van der Waals surface area contributed by atoms with Gasteiger partial charge in [-0.2, -0.15) is 0 Å². The number of hydrogen-bond donors (Lipinski definition) is 3. The molecule has 0 saturated carbocycles. The molecule has 0 aliphatic rings. The number of anilines is 2. The molecule has 0 fully saturated rings. The van der Waals surface area contributed by atoms with Gasteiger partial charge in [-0.05, 0) is 42.3 Å². The minimum atomic E-state index is -3.28. The molecule has 0 saturated heterocycles. The smallest absolute Gasteiger partial charge is 0.229 e. The maximum atomic E-state index is 11.9. The van der Waals surface area contributed by atoms with Gasteiger partial charge in [0.25, 0.3) is 0 Å². The van der Waals surface area contributed by atoms with E-state index >= 15 is 0 Å². The Bertz CT molecular complexity index is 839. The summed E-state index contributed by atoms with van der Waals surface area (Å²) in [6.45, 7) is 1.13. The van der Waals surface area contributed by atoms with Crippen molar-refractivity contribution in [1.29, 1.82) is 0 Å². The molecule has 0 radical (unpaired) electrons. The highest BCUT2D eigenvalue weighted by Gasteiger charge is 2.04. The monoisotopic (exact) mass is 395 g/mol. The third-order valence-electron chi connectivity index (χ3n) is 3.50. The number of carbonyl (C=O) groups is 1. The van der Waals surface area contributed by atoms with Gasteiger partial charge in [0.05, 0.1) is 6.26 Å². The van der Waals surface area contributed by atoms with E-state index in [1.807, 2.05) is 30.3 Å². The minimum absolute atomic E-state index is 0.0313. The Hall–Kier alpha value is -2.25. The molecule has 26 heavy (non-hydrogen) atoms. The van der Waals surface area contributed by atoms with Crippen molar-refractivity contribution in [2.75, 3.05) is 29.4 Å². The first-order valence-electron chi connectivity index (χ1n) is 8.15.